The Morgan fingerprint density at radius 3 is 2.32 bits per heavy atom. The van der Waals surface area contributed by atoms with Crippen LogP contribution < -0.4 is 16.0 Å². The number of anilines is 5. The van der Waals surface area contributed by atoms with E-state index >= 15 is 0 Å². The van der Waals surface area contributed by atoms with Crippen molar-refractivity contribution in [1.82, 2.24) is 15.1 Å². The zero-order valence-corrected chi connectivity index (χ0v) is 19.2. The number of carbonyl (C=O) groups is 1. The third-order valence-corrected chi connectivity index (χ3v) is 5.74. The highest BCUT2D eigenvalue weighted by molar-refractivity contribution is 6.04. The van der Waals surface area contributed by atoms with Crippen molar-refractivity contribution in [3.63, 3.8) is 0 Å². The average molecular weight is 455 g/mol. The lowest BCUT2D eigenvalue weighted by molar-refractivity contribution is 0.101. The molecule has 8 nitrogen and oxygen atoms in total. The minimum atomic E-state index is -0.249. The highest BCUT2D eigenvalue weighted by Crippen LogP contribution is 2.25. The zero-order valence-electron chi connectivity index (χ0n) is 19.2. The Morgan fingerprint density at radius 1 is 0.853 bits per heavy atom. The summed E-state index contributed by atoms with van der Waals surface area (Å²) in [7, 11) is 0. The third-order valence-electron chi connectivity index (χ3n) is 5.74. The Kier molecular flexibility index (Phi) is 5.95. The van der Waals surface area contributed by atoms with E-state index in [1.807, 2.05) is 61.5 Å². The summed E-state index contributed by atoms with van der Waals surface area (Å²) in [6.45, 7) is 3.98. The fraction of sp³-hybridized carbons (Fsp3) is 0.231. The summed E-state index contributed by atoms with van der Waals surface area (Å²) in [6, 6.07) is 17.4. The largest absolute Gasteiger partial charge is 0.360 e. The van der Waals surface area contributed by atoms with Gasteiger partial charge >= 0.3 is 0 Å². The highest BCUT2D eigenvalue weighted by atomic mass is 16.5. The van der Waals surface area contributed by atoms with Crippen molar-refractivity contribution in [3.05, 3.63) is 82.9 Å². The molecule has 2 heterocycles. The van der Waals surface area contributed by atoms with Gasteiger partial charge in [-0.1, -0.05) is 22.9 Å². The van der Waals surface area contributed by atoms with E-state index in [9.17, 15) is 4.79 Å². The molecule has 4 aromatic rings. The first kappa shape index (κ1) is 21.6. The minimum absolute atomic E-state index is 0.249. The second-order valence-electron chi connectivity index (χ2n) is 8.51. The van der Waals surface area contributed by atoms with Gasteiger partial charge in [-0.05, 0) is 69.5 Å². The molecule has 0 aliphatic heterocycles. The molecule has 0 bridgehead atoms. The number of benzene rings is 2. The first-order valence-corrected chi connectivity index (χ1v) is 11.4. The summed E-state index contributed by atoms with van der Waals surface area (Å²) >= 11 is 0. The molecule has 0 saturated carbocycles. The van der Waals surface area contributed by atoms with Crippen molar-refractivity contribution in [2.45, 2.75) is 39.5 Å². The maximum Gasteiger partial charge on any atom is 0.278 e. The topological polar surface area (TPSA) is 105 Å². The lowest BCUT2D eigenvalue weighted by Crippen LogP contribution is -2.15. The van der Waals surface area contributed by atoms with Crippen molar-refractivity contribution in [3.8, 4) is 0 Å². The summed E-state index contributed by atoms with van der Waals surface area (Å²) in [5, 5.41) is 13.4. The van der Waals surface area contributed by atoms with Crippen LogP contribution in [0.1, 0.15) is 45.9 Å². The maximum absolute atomic E-state index is 12.7. The molecule has 0 fully saturated rings. The first-order chi connectivity index (χ1) is 16.5. The van der Waals surface area contributed by atoms with Gasteiger partial charge < -0.3 is 20.5 Å². The van der Waals surface area contributed by atoms with E-state index in [-0.39, 0.29) is 5.91 Å². The quantitative estimate of drug-likeness (QED) is 0.343. The van der Waals surface area contributed by atoms with Crippen molar-refractivity contribution >= 4 is 34.7 Å². The summed E-state index contributed by atoms with van der Waals surface area (Å²) in [4.78, 5) is 21.7. The summed E-state index contributed by atoms with van der Waals surface area (Å²) in [5.74, 6) is 1.78. The fourth-order valence-electron chi connectivity index (χ4n) is 3.99. The number of hydrogen-bond acceptors (Lipinski definition) is 7. The van der Waals surface area contributed by atoms with E-state index in [0.29, 0.717) is 23.1 Å². The molecule has 0 atom stereocenters. The van der Waals surface area contributed by atoms with Gasteiger partial charge in [0.25, 0.3) is 5.91 Å². The minimum Gasteiger partial charge on any atom is -0.360 e. The van der Waals surface area contributed by atoms with E-state index < -0.39 is 0 Å². The molecule has 3 N–H and O–H groups in total. The predicted octanol–water partition coefficient (Wildman–Crippen LogP) is 5.70. The molecule has 8 heteroatoms. The molecule has 1 aliphatic rings. The number of hydrogen-bond donors (Lipinski definition) is 3. The van der Waals surface area contributed by atoms with Crippen LogP contribution in [0, 0.1) is 13.8 Å². The molecule has 1 aliphatic carbocycles. The van der Waals surface area contributed by atoms with E-state index in [0.717, 1.165) is 54.1 Å². The molecule has 2 aromatic heterocycles. The van der Waals surface area contributed by atoms with Crippen LogP contribution in [0.4, 0.5) is 28.8 Å². The van der Waals surface area contributed by atoms with Crippen molar-refractivity contribution in [1.29, 1.82) is 0 Å². The molecular formula is C26H26N6O2. The monoisotopic (exact) mass is 454 g/mol. The Balaban J connectivity index is 1.25. The van der Waals surface area contributed by atoms with Crippen LogP contribution >= 0.6 is 0 Å². The number of rotatable bonds is 6. The van der Waals surface area contributed by atoms with Crippen molar-refractivity contribution in [2.24, 2.45) is 0 Å². The van der Waals surface area contributed by atoms with Crippen LogP contribution in [0.2, 0.25) is 0 Å². The summed E-state index contributed by atoms with van der Waals surface area (Å²) in [6.07, 6.45) is 3.81. The molecule has 2 aromatic carbocycles. The zero-order chi connectivity index (χ0) is 23.5. The Hall–Kier alpha value is -4.20. The van der Waals surface area contributed by atoms with Gasteiger partial charge in [0.1, 0.15) is 11.6 Å². The van der Waals surface area contributed by atoms with Crippen LogP contribution in [0.25, 0.3) is 0 Å². The average Bonchev–Trinajstić information content (AvgIpc) is 3.26. The van der Waals surface area contributed by atoms with Crippen LogP contribution in [0.5, 0.6) is 0 Å². The van der Waals surface area contributed by atoms with Crippen LogP contribution in [0.3, 0.4) is 0 Å². The van der Waals surface area contributed by atoms with Crippen LogP contribution in [-0.4, -0.2) is 21.0 Å². The standard InChI is InChI=1S/C26H26N6O2/c1-16-7-9-18(10-8-16)28-23-15-17(2)27-26(31-23)30-20-13-11-19(12-14-20)29-25(33)24-21-5-3-4-6-22(21)34-32-24/h7-15H,3-6H2,1-2H3,(H,29,33)(H2,27,28,30,31). The van der Waals surface area contributed by atoms with Gasteiger partial charge in [-0.15, -0.1) is 0 Å². The van der Waals surface area contributed by atoms with Gasteiger partial charge in [0.05, 0.1) is 0 Å². The number of carbonyl (C=O) groups excluding carboxylic acids is 1. The van der Waals surface area contributed by atoms with Crippen molar-refractivity contribution < 1.29 is 9.32 Å². The summed E-state index contributed by atoms with van der Waals surface area (Å²) in [5.41, 5.74) is 5.81. The molecule has 0 unspecified atom stereocenters. The van der Waals surface area contributed by atoms with E-state index in [2.05, 4.69) is 38.0 Å². The molecule has 0 saturated heterocycles. The number of nitrogens with one attached hydrogen (secondary N) is 3. The molecule has 5 rings (SSSR count). The lowest BCUT2D eigenvalue weighted by Gasteiger charge is -2.11. The molecular weight excluding hydrogens is 428 g/mol. The second-order valence-corrected chi connectivity index (χ2v) is 8.51. The molecule has 34 heavy (non-hydrogen) atoms. The van der Waals surface area contributed by atoms with Gasteiger partial charge in [0.2, 0.25) is 5.95 Å². The molecule has 172 valence electrons. The number of fused-ring (bicyclic) bond motifs is 1. The third kappa shape index (κ3) is 4.91. The second kappa shape index (κ2) is 9.35. The normalized spacial score (nSPS) is 12.6. The summed E-state index contributed by atoms with van der Waals surface area (Å²) < 4.78 is 5.35. The van der Waals surface area contributed by atoms with Gasteiger partial charge in [-0.3, -0.25) is 4.79 Å². The number of nitrogens with zero attached hydrogens (tertiary/aromatic N) is 3. The van der Waals surface area contributed by atoms with E-state index in [1.165, 1.54) is 5.56 Å². The highest BCUT2D eigenvalue weighted by Gasteiger charge is 2.24. The Bertz CT molecular complexity index is 1310. The maximum atomic E-state index is 12.7. The van der Waals surface area contributed by atoms with Crippen molar-refractivity contribution in [2.75, 3.05) is 16.0 Å². The van der Waals surface area contributed by atoms with Crippen LogP contribution in [-0.2, 0) is 12.8 Å². The van der Waals surface area contributed by atoms with E-state index in [1.54, 1.807) is 0 Å². The van der Waals surface area contributed by atoms with Gasteiger partial charge in [0, 0.05) is 40.8 Å². The van der Waals surface area contributed by atoms with Gasteiger partial charge in [-0.25, -0.2) is 4.98 Å². The van der Waals surface area contributed by atoms with Crippen LogP contribution in [0.15, 0.2) is 59.1 Å². The predicted molar refractivity (Wildman–Crippen MR) is 132 cm³/mol. The van der Waals surface area contributed by atoms with Gasteiger partial charge in [0.15, 0.2) is 5.69 Å². The molecule has 1 amide bonds. The smallest absolute Gasteiger partial charge is 0.278 e. The lowest BCUT2D eigenvalue weighted by atomic mass is 9.96. The Morgan fingerprint density at radius 2 is 1.53 bits per heavy atom. The number of aryl methyl sites for hydroxylation is 3. The van der Waals surface area contributed by atoms with Gasteiger partial charge in [-0.2, -0.15) is 4.98 Å². The molecule has 0 spiro atoms. The first-order valence-electron chi connectivity index (χ1n) is 11.4. The fourth-order valence-corrected chi connectivity index (χ4v) is 3.99. The number of aromatic nitrogens is 3. The molecule has 0 radical (unpaired) electrons. The van der Waals surface area contributed by atoms with E-state index in [4.69, 9.17) is 4.52 Å². The number of amides is 1. The SMILES string of the molecule is Cc1ccc(Nc2cc(C)nc(Nc3ccc(NC(=O)c4noc5c4CCCC5)cc3)n2)cc1. The Labute approximate surface area is 197 Å².